The molecule has 0 saturated carbocycles. The zero-order valence-electron chi connectivity index (χ0n) is 14.7. The minimum Gasteiger partial charge on any atom is -0.457 e. The fraction of sp³-hybridized carbons (Fsp3) is 0. The number of thioether (sulfide) groups is 1. The van der Waals surface area contributed by atoms with E-state index in [4.69, 9.17) is 16.0 Å². The number of aliphatic imine (C=N–C) groups is 1. The van der Waals surface area contributed by atoms with Crippen LogP contribution in [0.15, 0.2) is 75.0 Å². The number of furan rings is 1. The van der Waals surface area contributed by atoms with Crippen LogP contribution < -0.4 is 5.32 Å². The third kappa shape index (κ3) is 4.39. The molecule has 0 unspecified atom stereocenters. The molecule has 29 heavy (non-hydrogen) atoms. The highest BCUT2D eigenvalue weighted by molar-refractivity contribution is 8.18. The van der Waals surface area contributed by atoms with Crippen molar-refractivity contribution in [3.05, 3.63) is 86.5 Å². The second kappa shape index (κ2) is 7.94. The van der Waals surface area contributed by atoms with Crippen LogP contribution in [0, 0.1) is 10.1 Å². The van der Waals surface area contributed by atoms with Crippen molar-refractivity contribution < 1.29 is 14.1 Å². The zero-order valence-corrected chi connectivity index (χ0v) is 16.2. The van der Waals surface area contributed by atoms with Gasteiger partial charge in [-0.25, -0.2) is 4.99 Å². The summed E-state index contributed by atoms with van der Waals surface area (Å²) in [5.74, 6) is 0.645. The summed E-state index contributed by atoms with van der Waals surface area (Å²) in [6.07, 6.45) is 1.60. The molecule has 1 fully saturated rings. The minimum absolute atomic E-state index is 0.0208. The summed E-state index contributed by atoms with van der Waals surface area (Å²) in [4.78, 5) is 27.5. The Morgan fingerprint density at radius 3 is 2.69 bits per heavy atom. The Morgan fingerprint density at radius 2 is 1.93 bits per heavy atom. The Hall–Kier alpha value is -3.36. The SMILES string of the molecule is O=C1NC(=Nc2ccc(Cl)cc2)SC1=Cc1ccc(-c2cccc([N+](=O)[O-])c2)o1. The second-order valence-electron chi connectivity index (χ2n) is 5.97. The van der Waals surface area contributed by atoms with E-state index < -0.39 is 4.92 Å². The van der Waals surface area contributed by atoms with Crippen molar-refractivity contribution in [2.75, 3.05) is 0 Å². The standard InChI is InChI=1S/C20H12ClN3O4S/c21-13-4-6-14(7-5-13)22-20-23-19(25)18(29-20)11-16-8-9-17(28-16)12-2-1-3-15(10-12)24(26)27/h1-11H,(H,22,23,25). The van der Waals surface area contributed by atoms with Crippen LogP contribution in [0.3, 0.4) is 0 Å². The monoisotopic (exact) mass is 425 g/mol. The molecule has 4 rings (SSSR count). The topological polar surface area (TPSA) is 97.7 Å². The van der Waals surface area contributed by atoms with E-state index in [0.29, 0.717) is 37.9 Å². The predicted octanol–water partition coefficient (Wildman–Crippen LogP) is 5.40. The number of nitrogens with zero attached hydrogens (tertiary/aromatic N) is 2. The summed E-state index contributed by atoms with van der Waals surface area (Å²) in [5, 5.41) is 14.7. The molecule has 7 nitrogen and oxygen atoms in total. The third-order valence-electron chi connectivity index (χ3n) is 3.95. The molecule has 144 valence electrons. The summed E-state index contributed by atoms with van der Waals surface area (Å²) in [6, 6.07) is 16.5. The van der Waals surface area contributed by atoms with Crippen LogP contribution in [0.2, 0.25) is 5.02 Å². The Morgan fingerprint density at radius 1 is 1.14 bits per heavy atom. The average Bonchev–Trinajstić information content (AvgIpc) is 3.31. The molecular formula is C20H12ClN3O4S. The lowest BCUT2D eigenvalue weighted by Crippen LogP contribution is -2.19. The third-order valence-corrected chi connectivity index (χ3v) is 5.11. The van der Waals surface area contributed by atoms with E-state index in [1.807, 2.05) is 0 Å². The highest BCUT2D eigenvalue weighted by Gasteiger charge is 2.24. The molecule has 0 atom stereocenters. The molecule has 1 saturated heterocycles. The molecule has 1 aliphatic rings. The van der Waals surface area contributed by atoms with Crippen molar-refractivity contribution in [2.45, 2.75) is 0 Å². The fourth-order valence-electron chi connectivity index (χ4n) is 2.60. The Bertz CT molecular complexity index is 1170. The second-order valence-corrected chi connectivity index (χ2v) is 7.43. The van der Waals surface area contributed by atoms with Crippen molar-refractivity contribution in [1.29, 1.82) is 0 Å². The lowest BCUT2D eigenvalue weighted by Gasteiger charge is -1.97. The molecule has 3 aromatic rings. The van der Waals surface area contributed by atoms with Gasteiger partial charge in [-0.05, 0) is 48.2 Å². The molecular weight excluding hydrogens is 414 g/mol. The Kier molecular flexibility index (Phi) is 5.20. The summed E-state index contributed by atoms with van der Waals surface area (Å²) in [5.41, 5.74) is 1.23. The van der Waals surface area contributed by atoms with Gasteiger partial charge in [0.15, 0.2) is 5.17 Å². The number of amidine groups is 1. The smallest absolute Gasteiger partial charge is 0.270 e. The largest absolute Gasteiger partial charge is 0.457 e. The molecule has 1 aromatic heterocycles. The maximum absolute atomic E-state index is 12.2. The molecule has 9 heteroatoms. The molecule has 2 aromatic carbocycles. The van der Waals surface area contributed by atoms with Gasteiger partial charge in [0, 0.05) is 28.8 Å². The maximum Gasteiger partial charge on any atom is 0.270 e. The highest BCUT2D eigenvalue weighted by Crippen LogP contribution is 2.31. The van der Waals surface area contributed by atoms with E-state index >= 15 is 0 Å². The van der Waals surface area contributed by atoms with E-state index in [2.05, 4.69) is 10.3 Å². The van der Waals surface area contributed by atoms with Crippen molar-refractivity contribution >= 4 is 51.9 Å². The molecule has 1 N–H and O–H groups in total. The fourth-order valence-corrected chi connectivity index (χ4v) is 3.55. The highest BCUT2D eigenvalue weighted by atomic mass is 35.5. The molecule has 1 aliphatic heterocycles. The van der Waals surface area contributed by atoms with Gasteiger partial charge in [0.05, 0.1) is 15.5 Å². The summed E-state index contributed by atoms with van der Waals surface area (Å²) in [6.45, 7) is 0. The van der Waals surface area contributed by atoms with E-state index in [0.717, 1.165) is 0 Å². The van der Waals surface area contributed by atoms with Crippen molar-refractivity contribution in [3.8, 4) is 11.3 Å². The summed E-state index contributed by atoms with van der Waals surface area (Å²) >= 11 is 7.05. The van der Waals surface area contributed by atoms with Gasteiger partial charge in [-0.2, -0.15) is 0 Å². The number of non-ortho nitro benzene ring substituents is 1. The summed E-state index contributed by atoms with van der Waals surface area (Å²) in [7, 11) is 0. The van der Waals surface area contributed by atoms with Gasteiger partial charge >= 0.3 is 0 Å². The van der Waals surface area contributed by atoms with Crippen molar-refractivity contribution in [3.63, 3.8) is 0 Å². The lowest BCUT2D eigenvalue weighted by molar-refractivity contribution is -0.384. The number of nitrogens with one attached hydrogen (secondary N) is 1. The normalized spacial score (nSPS) is 16.4. The number of rotatable bonds is 4. The number of halogens is 1. The van der Waals surface area contributed by atoms with E-state index in [1.165, 1.54) is 23.9 Å². The van der Waals surface area contributed by atoms with Gasteiger partial charge in [0.25, 0.3) is 11.6 Å². The van der Waals surface area contributed by atoms with E-state index in [9.17, 15) is 14.9 Å². The number of hydrogen-bond donors (Lipinski definition) is 1. The molecule has 0 bridgehead atoms. The van der Waals surface area contributed by atoms with Gasteiger partial charge in [-0.3, -0.25) is 14.9 Å². The molecule has 0 spiro atoms. The van der Waals surface area contributed by atoms with Gasteiger partial charge in [0.1, 0.15) is 11.5 Å². The number of amides is 1. The first-order chi connectivity index (χ1) is 14.0. The molecule has 2 heterocycles. The average molecular weight is 426 g/mol. The van der Waals surface area contributed by atoms with Crippen LogP contribution in [0.4, 0.5) is 11.4 Å². The van der Waals surface area contributed by atoms with Crippen LogP contribution in [0.5, 0.6) is 0 Å². The van der Waals surface area contributed by atoms with Gasteiger partial charge in [-0.15, -0.1) is 0 Å². The molecule has 1 amide bonds. The Balaban J connectivity index is 1.54. The van der Waals surface area contributed by atoms with Gasteiger partial charge in [0.2, 0.25) is 0 Å². The quantitative estimate of drug-likeness (QED) is 0.343. The lowest BCUT2D eigenvalue weighted by atomic mass is 10.1. The number of benzene rings is 2. The van der Waals surface area contributed by atoms with Gasteiger partial charge < -0.3 is 9.73 Å². The van der Waals surface area contributed by atoms with Crippen molar-refractivity contribution in [1.82, 2.24) is 5.32 Å². The van der Waals surface area contributed by atoms with Crippen molar-refractivity contribution in [2.24, 2.45) is 4.99 Å². The first kappa shape index (κ1) is 19.0. The zero-order chi connectivity index (χ0) is 20.4. The van der Waals surface area contributed by atoms with Crippen LogP contribution in [0.25, 0.3) is 17.4 Å². The Labute approximate surface area is 174 Å². The molecule has 0 aliphatic carbocycles. The molecule has 0 radical (unpaired) electrons. The van der Waals surface area contributed by atoms with Crippen LogP contribution in [0.1, 0.15) is 5.76 Å². The van der Waals surface area contributed by atoms with E-state index in [1.54, 1.807) is 54.6 Å². The number of hydrogen-bond acceptors (Lipinski definition) is 6. The van der Waals surface area contributed by atoms with Crippen LogP contribution in [-0.2, 0) is 4.79 Å². The number of carbonyl (C=O) groups is 1. The maximum atomic E-state index is 12.2. The summed E-state index contributed by atoms with van der Waals surface area (Å²) < 4.78 is 5.73. The first-order valence-corrected chi connectivity index (χ1v) is 9.57. The van der Waals surface area contributed by atoms with Gasteiger partial charge in [-0.1, -0.05) is 23.7 Å². The number of carbonyl (C=O) groups excluding carboxylic acids is 1. The number of nitro groups is 1. The van der Waals surface area contributed by atoms with E-state index in [-0.39, 0.29) is 11.6 Å². The predicted molar refractivity (Wildman–Crippen MR) is 113 cm³/mol. The minimum atomic E-state index is -0.462. The van der Waals surface area contributed by atoms with Crippen LogP contribution >= 0.6 is 23.4 Å². The number of nitro benzene ring substituents is 1. The van der Waals surface area contributed by atoms with Crippen LogP contribution in [-0.4, -0.2) is 16.0 Å². The first-order valence-electron chi connectivity index (χ1n) is 8.38.